The lowest BCUT2D eigenvalue weighted by Gasteiger charge is -2.26. The van der Waals surface area contributed by atoms with Crippen LogP contribution in [0.15, 0.2) is 92.4 Å². The van der Waals surface area contributed by atoms with Crippen LogP contribution in [0, 0.1) is 0 Å². The van der Waals surface area contributed by atoms with Crippen molar-refractivity contribution in [1.29, 1.82) is 0 Å². The summed E-state index contributed by atoms with van der Waals surface area (Å²) in [5, 5.41) is 1.69. The van der Waals surface area contributed by atoms with Crippen molar-refractivity contribution in [2.75, 3.05) is 20.8 Å². The first-order valence-corrected chi connectivity index (χ1v) is 16.2. The minimum absolute atomic E-state index is 0.179. The van der Waals surface area contributed by atoms with Gasteiger partial charge in [-0.05, 0) is 55.3 Å². The quantitative estimate of drug-likeness (QED) is 0.179. The molecule has 1 atom stereocenters. The second-order valence-electron chi connectivity index (χ2n) is 10.4. The Bertz CT molecular complexity index is 2180. The van der Waals surface area contributed by atoms with Gasteiger partial charge in [-0.1, -0.05) is 75.3 Å². The molecule has 0 aliphatic carbocycles. The first kappa shape index (κ1) is 30.9. The van der Waals surface area contributed by atoms with E-state index in [1.165, 1.54) is 18.4 Å². The predicted octanol–water partition coefficient (Wildman–Crippen LogP) is 6.23. The second-order valence-corrected chi connectivity index (χ2v) is 12.6. The third kappa shape index (κ3) is 5.62. The van der Waals surface area contributed by atoms with Gasteiger partial charge in [0.05, 0.1) is 42.7 Å². The number of aromatic nitrogens is 2. The van der Waals surface area contributed by atoms with Gasteiger partial charge in [-0.3, -0.25) is 9.36 Å². The molecule has 0 spiro atoms. The topological polar surface area (TPSA) is 84.1 Å². The lowest BCUT2D eigenvalue weighted by Crippen LogP contribution is -2.40. The molecule has 0 saturated heterocycles. The Hall–Kier alpha value is -4.12. The van der Waals surface area contributed by atoms with Crippen LogP contribution < -0.4 is 24.4 Å². The molecule has 0 radical (unpaired) electrons. The number of rotatable bonds is 8. The van der Waals surface area contributed by atoms with Crippen molar-refractivity contribution < 1.29 is 19.0 Å². The number of allylic oxidation sites excluding steroid dienone is 1. The maximum Gasteiger partial charge on any atom is 0.338 e. The van der Waals surface area contributed by atoms with Crippen LogP contribution in [0.1, 0.15) is 36.6 Å². The minimum Gasteiger partial charge on any atom is -0.493 e. The van der Waals surface area contributed by atoms with Crippen molar-refractivity contribution in [3.05, 3.63) is 124 Å². The SMILES string of the molecule is CCOC(=O)C1=C(C)N=c2s/c(=C/c3cn(Cc4ccccc4Cl)c4ccccc34)c(=O)n2[C@H]1c1cc(OC)c(OC)cc1Br. The van der Waals surface area contributed by atoms with Gasteiger partial charge in [-0.25, -0.2) is 9.79 Å². The number of benzene rings is 3. The summed E-state index contributed by atoms with van der Waals surface area (Å²) in [6.45, 7) is 4.25. The zero-order valence-corrected chi connectivity index (χ0v) is 28.1. The van der Waals surface area contributed by atoms with Crippen molar-refractivity contribution in [2.45, 2.75) is 26.4 Å². The molecule has 0 fully saturated rings. The number of esters is 1. The fraction of sp³-hybridized carbons (Fsp3) is 0.206. The molecule has 5 aromatic rings. The van der Waals surface area contributed by atoms with E-state index in [9.17, 15) is 9.59 Å². The maximum absolute atomic E-state index is 14.3. The van der Waals surface area contributed by atoms with Gasteiger partial charge in [0.15, 0.2) is 16.3 Å². The van der Waals surface area contributed by atoms with Crippen molar-refractivity contribution in [2.24, 2.45) is 4.99 Å². The number of ether oxygens (including phenoxy) is 3. The smallest absolute Gasteiger partial charge is 0.338 e. The average Bonchev–Trinajstić information content (AvgIpc) is 3.53. The number of fused-ring (bicyclic) bond motifs is 2. The highest BCUT2D eigenvalue weighted by atomic mass is 79.9. The summed E-state index contributed by atoms with van der Waals surface area (Å²) in [4.78, 5) is 32.9. The van der Waals surface area contributed by atoms with Gasteiger partial charge in [0.2, 0.25) is 0 Å². The van der Waals surface area contributed by atoms with E-state index in [4.69, 9.17) is 30.8 Å². The normalized spacial score (nSPS) is 14.8. The highest BCUT2D eigenvalue weighted by Gasteiger charge is 2.35. The number of hydrogen-bond acceptors (Lipinski definition) is 7. The average molecular weight is 707 g/mol. The number of carbonyl (C=O) groups is 1. The van der Waals surface area contributed by atoms with E-state index in [0.29, 0.717) is 48.1 Å². The molecule has 1 aliphatic rings. The second kappa shape index (κ2) is 12.7. The molecule has 3 heterocycles. The number of para-hydroxylation sites is 1. The Balaban J connectivity index is 1.55. The fourth-order valence-electron chi connectivity index (χ4n) is 5.64. The zero-order chi connectivity index (χ0) is 31.8. The van der Waals surface area contributed by atoms with Gasteiger partial charge in [0.1, 0.15) is 0 Å². The monoisotopic (exact) mass is 705 g/mol. The molecule has 6 rings (SSSR count). The standard InChI is InChI=1S/C34H29BrClN3O5S/c1-5-44-33(41)30-19(2)37-34-39(31(30)23-15-27(42-3)28(43-4)16-24(23)35)32(40)29(45-34)14-21-18-38(26-13-9-7-11-22(21)26)17-20-10-6-8-12-25(20)36/h6-16,18,31H,5,17H2,1-4H3/b29-14+/t31-/m0/s1. The maximum atomic E-state index is 14.3. The Morgan fingerprint density at radius 3 is 2.53 bits per heavy atom. The molecule has 45 heavy (non-hydrogen) atoms. The number of hydrogen-bond donors (Lipinski definition) is 0. The molecule has 0 saturated carbocycles. The summed E-state index contributed by atoms with van der Waals surface area (Å²) in [5.74, 6) is 0.427. The van der Waals surface area contributed by atoms with Gasteiger partial charge < -0.3 is 18.8 Å². The van der Waals surface area contributed by atoms with Gasteiger partial charge in [0, 0.05) is 38.7 Å². The Labute approximate surface area is 276 Å². The van der Waals surface area contributed by atoms with E-state index >= 15 is 0 Å². The molecule has 8 nitrogen and oxygen atoms in total. The Morgan fingerprint density at radius 1 is 1.09 bits per heavy atom. The van der Waals surface area contributed by atoms with Crippen molar-refractivity contribution >= 4 is 61.8 Å². The molecule has 0 amide bonds. The lowest BCUT2D eigenvalue weighted by molar-refractivity contribution is -0.139. The van der Waals surface area contributed by atoms with Crippen LogP contribution in [0.3, 0.4) is 0 Å². The van der Waals surface area contributed by atoms with Crippen molar-refractivity contribution in [1.82, 2.24) is 9.13 Å². The summed E-state index contributed by atoms with van der Waals surface area (Å²) in [5.41, 5.74) is 4.01. The largest absolute Gasteiger partial charge is 0.493 e. The number of nitrogens with zero attached hydrogens (tertiary/aromatic N) is 3. The number of carbonyl (C=O) groups excluding carboxylic acids is 1. The van der Waals surface area contributed by atoms with Crippen LogP contribution in [0.4, 0.5) is 0 Å². The summed E-state index contributed by atoms with van der Waals surface area (Å²) in [7, 11) is 3.09. The highest BCUT2D eigenvalue weighted by Crippen LogP contribution is 2.41. The van der Waals surface area contributed by atoms with Crippen LogP contribution in [0.5, 0.6) is 11.5 Å². The fourth-order valence-corrected chi connectivity index (χ4v) is 7.41. The summed E-state index contributed by atoms with van der Waals surface area (Å²) >= 11 is 11.4. The number of methoxy groups -OCH3 is 2. The first-order chi connectivity index (χ1) is 21.7. The molecule has 0 bridgehead atoms. The molecule has 230 valence electrons. The first-order valence-electron chi connectivity index (χ1n) is 14.2. The number of halogens is 2. The predicted molar refractivity (Wildman–Crippen MR) is 180 cm³/mol. The molecule has 0 N–H and O–H groups in total. The number of thiazole rings is 1. The van der Waals surface area contributed by atoms with Crippen LogP contribution in [0.25, 0.3) is 17.0 Å². The highest BCUT2D eigenvalue weighted by molar-refractivity contribution is 9.10. The third-order valence-corrected chi connectivity index (χ3v) is 9.76. The molecule has 0 unspecified atom stereocenters. The van der Waals surface area contributed by atoms with Gasteiger partial charge in [-0.15, -0.1) is 0 Å². The van der Waals surface area contributed by atoms with Gasteiger partial charge >= 0.3 is 5.97 Å². The molecule has 3 aromatic carbocycles. The van der Waals surface area contributed by atoms with E-state index in [1.807, 2.05) is 54.7 Å². The molecular formula is C34H29BrClN3O5S. The van der Waals surface area contributed by atoms with Crippen LogP contribution in [-0.4, -0.2) is 35.9 Å². The molecule has 1 aliphatic heterocycles. The van der Waals surface area contributed by atoms with Crippen LogP contribution >= 0.6 is 38.9 Å². The van der Waals surface area contributed by atoms with E-state index in [1.54, 1.807) is 37.7 Å². The van der Waals surface area contributed by atoms with E-state index < -0.39 is 12.0 Å². The van der Waals surface area contributed by atoms with Crippen LogP contribution in [0.2, 0.25) is 5.02 Å². The minimum atomic E-state index is -0.821. The molecule has 11 heteroatoms. The van der Waals surface area contributed by atoms with Gasteiger partial charge in [0.25, 0.3) is 5.56 Å². The molecule has 2 aromatic heterocycles. The van der Waals surface area contributed by atoms with E-state index in [2.05, 4.69) is 26.6 Å². The lowest BCUT2D eigenvalue weighted by atomic mass is 9.95. The van der Waals surface area contributed by atoms with Crippen molar-refractivity contribution in [3.63, 3.8) is 0 Å². The van der Waals surface area contributed by atoms with E-state index in [-0.39, 0.29) is 17.7 Å². The Morgan fingerprint density at radius 2 is 1.80 bits per heavy atom. The summed E-state index contributed by atoms with van der Waals surface area (Å²) in [6.07, 6.45) is 3.92. The molecular weight excluding hydrogens is 678 g/mol. The van der Waals surface area contributed by atoms with Crippen LogP contribution in [-0.2, 0) is 16.1 Å². The zero-order valence-electron chi connectivity index (χ0n) is 25.0. The van der Waals surface area contributed by atoms with Crippen molar-refractivity contribution in [3.8, 4) is 11.5 Å². The summed E-state index contributed by atoms with van der Waals surface area (Å²) in [6, 6.07) is 18.5. The van der Waals surface area contributed by atoms with Gasteiger partial charge in [-0.2, -0.15) is 0 Å². The third-order valence-electron chi connectivity index (χ3n) is 7.72. The Kier molecular flexibility index (Phi) is 8.72. The summed E-state index contributed by atoms with van der Waals surface area (Å²) < 4.78 is 21.3. The van der Waals surface area contributed by atoms with E-state index in [0.717, 1.165) is 22.0 Å².